The standard InChI is InChI=1S/C21H16FN3O6/c22-11-1-4-13(5-2-11)31-10-18(27)23-12-3-6-14-15(9-12)21(30)25(20(14)29)16-7-8-17(26)24-19(16)28/h1-6,9,16H,7-8,10H2,(H,23,27)(H,24,26,28). The Bertz CT molecular complexity index is 1110. The third-order valence-electron chi connectivity index (χ3n) is 4.91. The molecule has 1 unspecified atom stereocenters. The lowest BCUT2D eigenvalue weighted by Crippen LogP contribution is -2.54. The first kappa shape index (κ1) is 20.2. The molecule has 4 rings (SSSR count). The Hall–Kier alpha value is -4.08. The van der Waals surface area contributed by atoms with Gasteiger partial charge in [-0.3, -0.25) is 34.2 Å². The average Bonchev–Trinajstić information content (AvgIpc) is 2.98. The van der Waals surface area contributed by atoms with Crippen LogP contribution in [0.4, 0.5) is 10.1 Å². The summed E-state index contributed by atoms with van der Waals surface area (Å²) in [5, 5.41) is 4.68. The van der Waals surface area contributed by atoms with Gasteiger partial charge in [-0.05, 0) is 48.9 Å². The summed E-state index contributed by atoms with van der Waals surface area (Å²) in [6.45, 7) is -0.349. The van der Waals surface area contributed by atoms with Gasteiger partial charge in [-0.1, -0.05) is 0 Å². The molecule has 2 aliphatic heterocycles. The summed E-state index contributed by atoms with van der Waals surface area (Å²) in [5.74, 6) is -3.10. The molecule has 1 fully saturated rings. The summed E-state index contributed by atoms with van der Waals surface area (Å²) in [4.78, 5) is 61.8. The maximum Gasteiger partial charge on any atom is 0.262 e. The number of ether oxygens (including phenoxy) is 1. The predicted molar refractivity (Wildman–Crippen MR) is 104 cm³/mol. The van der Waals surface area contributed by atoms with Crippen LogP contribution in [0.5, 0.6) is 5.75 Å². The third kappa shape index (κ3) is 4.00. The Morgan fingerprint density at radius 3 is 2.48 bits per heavy atom. The molecule has 2 aliphatic rings. The number of piperidine rings is 1. The minimum Gasteiger partial charge on any atom is -0.484 e. The monoisotopic (exact) mass is 425 g/mol. The van der Waals surface area contributed by atoms with Crippen LogP contribution in [-0.4, -0.2) is 47.1 Å². The molecule has 2 N–H and O–H groups in total. The van der Waals surface area contributed by atoms with Gasteiger partial charge in [0.2, 0.25) is 11.8 Å². The van der Waals surface area contributed by atoms with Gasteiger partial charge in [0.1, 0.15) is 17.6 Å². The first-order valence-electron chi connectivity index (χ1n) is 9.37. The fraction of sp³-hybridized carbons (Fsp3) is 0.190. The Morgan fingerprint density at radius 2 is 1.77 bits per heavy atom. The van der Waals surface area contributed by atoms with Crippen LogP contribution in [0.3, 0.4) is 0 Å². The lowest BCUT2D eigenvalue weighted by molar-refractivity contribution is -0.136. The Morgan fingerprint density at radius 1 is 1.06 bits per heavy atom. The fourth-order valence-electron chi connectivity index (χ4n) is 3.43. The summed E-state index contributed by atoms with van der Waals surface area (Å²) in [5.41, 5.74) is 0.417. The summed E-state index contributed by atoms with van der Waals surface area (Å²) < 4.78 is 18.2. The highest BCUT2D eigenvalue weighted by atomic mass is 19.1. The molecule has 0 saturated carbocycles. The number of halogens is 1. The summed E-state index contributed by atoms with van der Waals surface area (Å²) in [6.07, 6.45) is 0.0830. The van der Waals surface area contributed by atoms with E-state index in [4.69, 9.17) is 4.74 Å². The highest BCUT2D eigenvalue weighted by molar-refractivity contribution is 6.23. The molecule has 0 aliphatic carbocycles. The summed E-state index contributed by atoms with van der Waals surface area (Å²) >= 11 is 0. The zero-order valence-electron chi connectivity index (χ0n) is 16.0. The van der Waals surface area contributed by atoms with E-state index in [1.54, 1.807) is 0 Å². The molecule has 10 heteroatoms. The molecule has 2 aromatic rings. The minimum absolute atomic E-state index is 0.0270. The number of anilines is 1. The van der Waals surface area contributed by atoms with E-state index in [2.05, 4.69) is 10.6 Å². The molecule has 1 atom stereocenters. The van der Waals surface area contributed by atoms with Gasteiger partial charge in [-0.15, -0.1) is 0 Å². The van der Waals surface area contributed by atoms with Gasteiger partial charge in [-0.25, -0.2) is 4.39 Å². The van der Waals surface area contributed by atoms with Crippen molar-refractivity contribution in [2.75, 3.05) is 11.9 Å². The predicted octanol–water partition coefficient (Wildman–Crippen LogP) is 1.24. The molecule has 2 aromatic carbocycles. The Kier molecular flexibility index (Phi) is 5.20. The van der Waals surface area contributed by atoms with Gasteiger partial charge in [0.05, 0.1) is 11.1 Å². The number of rotatable bonds is 5. The molecule has 158 valence electrons. The maximum absolute atomic E-state index is 12.9. The molecular weight excluding hydrogens is 409 g/mol. The first-order valence-corrected chi connectivity index (χ1v) is 9.37. The number of hydrogen-bond acceptors (Lipinski definition) is 6. The van der Waals surface area contributed by atoms with Crippen molar-refractivity contribution in [2.24, 2.45) is 0 Å². The van der Waals surface area contributed by atoms with E-state index in [-0.39, 0.29) is 36.3 Å². The second kappa shape index (κ2) is 7.98. The van der Waals surface area contributed by atoms with Crippen molar-refractivity contribution in [1.29, 1.82) is 0 Å². The highest BCUT2D eigenvalue weighted by Crippen LogP contribution is 2.29. The minimum atomic E-state index is -1.06. The zero-order chi connectivity index (χ0) is 22.1. The molecule has 0 bridgehead atoms. The van der Waals surface area contributed by atoms with Gasteiger partial charge in [0.25, 0.3) is 17.7 Å². The van der Waals surface area contributed by atoms with Crippen molar-refractivity contribution in [3.63, 3.8) is 0 Å². The SMILES string of the molecule is O=C1CCC(N2C(=O)c3ccc(NC(=O)COc4ccc(F)cc4)cc3C2=O)C(=O)N1. The quantitative estimate of drug-likeness (QED) is 0.696. The topological polar surface area (TPSA) is 122 Å². The number of carbonyl (C=O) groups is 5. The summed E-state index contributed by atoms with van der Waals surface area (Å²) in [7, 11) is 0. The van der Waals surface area contributed by atoms with Crippen molar-refractivity contribution in [3.8, 4) is 5.75 Å². The van der Waals surface area contributed by atoms with Gasteiger partial charge in [-0.2, -0.15) is 0 Å². The van der Waals surface area contributed by atoms with Crippen LogP contribution in [0.25, 0.3) is 0 Å². The Labute approximate surface area is 175 Å². The normalized spacial score (nSPS) is 18.0. The number of amides is 5. The van der Waals surface area contributed by atoms with Crippen molar-refractivity contribution in [1.82, 2.24) is 10.2 Å². The van der Waals surface area contributed by atoms with E-state index in [1.165, 1.54) is 42.5 Å². The van der Waals surface area contributed by atoms with E-state index in [0.29, 0.717) is 5.75 Å². The van der Waals surface area contributed by atoms with Crippen molar-refractivity contribution in [2.45, 2.75) is 18.9 Å². The highest BCUT2D eigenvalue weighted by Gasteiger charge is 2.44. The molecule has 31 heavy (non-hydrogen) atoms. The second-order valence-corrected chi connectivity index (χ2v) is 7.00. The molecule has 0 aromatic heterocycles. The van der Waals surface area contributed by atoms with Crippen LogP contribution in [0.1, 0.15) is 33.6 Å². The van der Waals surface area contributed by atoms with Gasteiger partial charge >= 0.3 is 0 Å². The van der Waals surface area contributed by atoms with E-state index < -0.39 is 41.4 Å². The zero-order valence-corrected chi connectivity index (χ0v) is 16.0. The number of nitrogens with zero attached hydrogens (tertiary/aromatic N) is 1. The van der Waals surface area contributed by atoms with Crippen LogP contribution in [-0.2, 0) is 14.4 Å². The summed E-state index contributed by atoms with van der Waals surface area (Å²) in [6, 6.07) is 8.28. The van der Waals surface area contributed by atoms with E-state index >= 15 is 0 Å². The van der Waals surface area contributed by atoms with Crippen LogP contribution in [0, 0.1) is 5.82 Å². The van der Waals surface area contributed by atoms with Gasteiger partial charge in [0, 0.05) is 12.1 Å². The second-order valence-electron chi connectivity index (χ2n) is 7.00. The van der Waals surface area contributed by atoms with Crippen LogP contribution >= 0.6 is 0 Å². The molecule has 2 heterocycles. The van der Waals surface area contributed by atoms with Crippen molar-refractivity contribution < 1.29 is 33.1 Å². The number of fused-ring (bicyclic) bond motifs is 1. The van der Waals surface area contributed by atoms with E-state index in [9.17, 15) is 28.4 Å². The molecule has 1 saturated heterocycles. The number of benzene rings is 2. The molecule has 5 amide bonds. The number of nitrogens with one attached hydrogen (secondary N) is 2. The van der Waals surface area contributed by atoms with Crippen molar-refractivity contribution in [3.05, 3.63) is 59.4 Å². The van der Waals surface area contributed by atoms with Crippen molar-refractivity contribution >= 4 is 35.2 Å². The van der Waals surface area contributed by atoms with Gasteiger partial charge in [0.15, 0.2) is 6.61 Å². The Balaban J connectivity index is 1.44. The van der Waals surface area contributed by atoms with Gasteiger partial charge < -0.3 is 10.1 Å². The lowest BCUT2D eigenvalue weighted by atomic mass is 10.0. The number of carbonyl (C=O) groups excluding carboxylic acids is 5. The molecule has 9 nitrogen and oxygen atoms in total. The number of hydrogen-bond donors (Lipinski definition) is 2. The van der Waals surface area contributed by atoms with Crippen LogP contribution < -0.4 is 15.4 Å². The van der Waals surface area contributed by atoms with E-state index in [0.717, 1.165) is 4.90 Å². The number of imide groups is 2. The lowest BCUT2D eigenvalue weighted by Gasteiger charge is -2.27. The average molecular weight is 425 g/mol. The largest absolute Gasteiger partial charge is 0.484 e. The maximum atomic E-state index is 12.9. The fourth-order valence-corrected chi connectivity index (χ4v) is 3.43. The molecular formula is C21H16FN3O6. The first-order chi connectivity index (χ1) is 14.8. The van der Waals surface area contributed by atoms with Crippen LogP contribution in [0.15, 0.2) is 42.5 Å². The molecule has 0 radical (unpaired) electrons. The smallest absolute Gasteiger partial charge is 0.262 e. The third-order valence-corrected chi connectivity index (χ3v) is 4.91. The van der Waals surface area contributed by atoms with Crippen LogP contribution in [0.2, 0.25) is 0 Å². The molecule has 0 spiro atoms. The van der Waals surface area contributed by atoms with E-state index in [1.807, 2.05) is 0 Å².